The fraction of sp³-hybridized carbons (Fsp3) is 0.560. The zero-order chi connectivity index (χ0) is 27.6. The van der Waals surface area contributed by atoms with Gasteiger partial charge in [-0.3, -0.25) is 0 Å². The molecule has 200 valence electrons. The van der Waals surface area contributed by atoms with Gasteiger partial charge in [0.05, 0.1) is 25.7 Å². The summed E-state index contributed by atoms with van der Waals surface area (Å²) in [5.74, 6) is -0.887. The first kappa shape index (κ1) is 28.9. The Bertz CT molecular complexity index is 1010. The molecule has 1 aliphatic heterocycles. The van der Waals surface area contributed by atoms with E-state index in [-0.39, 0.29) is 37.0 Å². The van der Waals surface area contributed by atoms with Crippen LogP contribution >= 0.6 is 0 Å². The predicted octanol–water partition coefficient (Wildman–Crippen LogP) is 4.87. The van der Waals surface area contributed by atoms with Crippen LogP contribution in [0.3, 0.4) is 0 Å². The van der Waals surface area contributed by atoms with Crippen molar-refractivity contribution in [2.45, 2.75) is 66.2 Å². The highest BCUT2D eigenvalue weighted by Gasteiger charge is 2.34. The van der Waals surface area contributed by atoms with Gasteiger partial charge >= 0.3 is 12.2 Å². The van der Waals surface area contributed by atoms with Crippen LogP contribution < -0.4 is 0 Å². The molecule has 2 rings (SSSR count). The molecule has 36 heavy (non-hydrogen) atoms. The molecule has 1 saturated heterocycles. The first-order valence-corrected chi connectivity index (χ1v) is 11.5. The van der Waals surface area contributed by atoms with Gasteiger partial charge in [0, 0.05) is 19.7 Å². The molecule has 0 atom stereocenters. The highest BCUT2D eigenvalue weighted by molar-refractivity contribution is 5.99. The van der Waals surface area contributed by atoms with Crippen molar-refractivity contribution in [2.75, 3.05) is 27.4 Å². The third-order valence-corrected chi connectivity index (χ3v) is 5.05. The van der Waals surface area contributed by atoms with E-state index in [0.29, 0.717) is 0 Å². The summed E-state index contributed by atoms with van der Waals surface area (Å²) >= 11 is 0. The minimum absolute atomic E-state index is 0.0916. The molecule has 0 aromatic heterocycles. The molecule has 9 nitrogen and oxygen atoms in total. The fourth-order valence-electron chi connectivity index (χ4n) is 3.31. The third-order valence-electron chi connectivity index (χ3n) is 5.05. The number of benzene rings is 1. The molecule has 1 aromatic carbocycles. The van der Waals surface area contributed by atoms with Crippen LogP contribution in [0.2, 0.25) is 0 Å². The summed E-state index contributed by atoms with van der Waals surface area (Å²) < 4.78 is 39.6. The molecule has 2 amide bonds. The molecule has 11 heteroatoms. The van der Waals surface area contributed by atoms with Crippen molar-refractivity contribution in [1.29, 1.82) is 0 Å². The molecule has 1 aliphatic rings. The molecule has 1 fully saturated rings. The summed E-state index contributed by atoms with van der Waals surface area (Å²) in [6.45, 7) is 15.6. The molecule has 0 spiro atoms. The van der Waals surface area contributed by atoms with Gasteiger partial charge in [-0.15, -0.1) is 4.99 Å². The van der Waals surface area contributed by atoms with E-state index in [9.17, 15) is 18.4 Å². The number of amides is 2. The lowest BCUT2D eigenvalue weighted by atomic mass is 10.1. The van der Waals surface area contributed by atoms with Crippen LogP contribution in [-0.2, 0) is 16.0 Å². The number of carbonyl (C=O) groups is 2. The lowest BCUT2D eigenvalue weighted by molar-refractivity contribution is 0.0287. The molecular weight excluding hydrogens is 472 g/mol. The number of rotatable bonds is 2. The van der Waals surface area contributed by atoms with E-state index in [1.807, 2.05) is 0 Å². The number of guanidine groups is 1. The van der Waals surface area contributed by atoms with Crippen molar-refractivity contribution in [3.63, 3.8) is 0 Å². The SMILES string of the molecule is C=C1N(C)CN(/C(=N\C(=O)OC(C)(C)C)N(Cc2cc(F)c(C)c(F)c2)C(=O)OC(C)(C)C)CN1C. The normalized spacial score (nSPS) is 15.2. The van der Waals surface area contributed by atoms with Gasteiger partial charge in [0.15, 0.2) is 0 Å². The fourth-order valence-corrected chi connectivity index (χ4v) is 3.31. The van der Waals surface area contributed by atoms with Crippen molar-refractivity contribution >= 4 is 18.1 Å². The highest BCUT2D eigenvalue weighted by Crippen LogP contribution is 2.22. The number of halogens is 2. The molecule has 0 saturated carbocycles. The quantitative estimate of drug-likeness (QED) is 0.416. The monoisotopic (exact) mass is 509 g/mol. The maximum absolute atomic E-state index is 14.3. The average molecular weight is 510 g/mol. The summed E-state index contributed by atoms with van der Waals surface area (Å²) in [4.78, 5) is 36.6. The Kier molecular flexibility index (Phi) is 8.59. The second-order valence-electron chi connectivity index (χ2n) is 10.8. The van der Waals surface area contributed by atoms with Gasteiger partial charge in [0.1, 0.15) is 22.8 Å². The number of carbonyl (C=O) groups excluding carboxylic acids is 2. The van der Waals surface area contributed by atoms with Crippen molar-refractivity contribution in [3.05, 3.63) is 47.3 Å². The van der Waals surface area contributed by atoms with Crippen LogP contribution in [0.15, 0.2) is 29.5 Å². The number of nitrogens with zero attached hydrogens (tertiary/aromatic N) is 5. The summed E-state index contributed by atoms with van der Waals surface area (Å²) in [5, 5.41) is 0. The van der Waals surface area contributed by atoms with Crippen LogP contribution in [0.1, 0.15) is 52.7 Å². The summed E-state index contributed by atoms with van der Waals surface area (Å²) in [6, 6.07) is 2.27. The zero-order valence-corrected chi connectivity index (χ0v) is 22.6. The zero-order valence-electron chi connectivity index (χ0n) is 22.6. The minimum atomic E-state index is -0.929. The van der Waals surface area contributed by atoms with Crippen LogP contribution in [0, 0.1) is 18.6 Å². The van der Waals surface area contributed by atoms with Crippen molar-refractivity contribution in [3.8, 4) is 0 Å². The van der Waals surface area contributed by atoms with E-state index in [2.05, 4.69) is 11.6 Å². The van der Waals surface area contributed by atoms with Gasteiger partial charge in [0.2, 0.25) is 5.96 Å². The van der Waals surface area contributed by atoms with Crippen molar-refractivity contribution in [1.82, 2.24) is 19.6 Å². The minimum Gasteiger partial charge on any atom is -0.443 e. The van der Waals surface area contributed by atoms with Crippen molar-refractivity contribution < 1.29 is 27.8 Å². The van der Waals surface area contributed by atoms with Crippen LogP contribution in [0.4, 0.5) is 18.4 Å². The lowest BCUT2D eigenvalue weighted by Gasteiger charge is -2.45. The van der Waals surface area contributed by atoms with Crippen LogP contribution in [0.25, 0.3) is 0 Å². The molecule has 0 N–H and O–H groups in total. The third kappa shape index (κ3) is 7.82. The van der Waals surface area contributed by atoms with E-state index < -0.39 is 35.0 Å². The Morgan fingerprint density at radius 2 is 1.47 bits per heavy atom. The molecule has 0 radical (unpaired) electrons. The van der Waals surface area contributed by atoms with Gasteiger partial charge < -0.3 is 24.2 Å². The molecule has 1 aromatic rings. The van der Waals surface area contributed by atoms with E-state index >= 15 is 0 Å². The highest BCUT2D eigenvalue weighted by atomic mass is 19.1. The van der Waals surface area contributed by atoms with Gasteiger partial charge in [-0.2, -0.15) is 0 Å². The summed E-state index contributed by atoms with van der Waals surface area (Å²) in [6.07, 6.45) is -1.78. The molecule has 1 heterocycles. The molecule has 0 aliphatic carbocycles. The van der Waals surface area contributed by atoms with Gasteiger partial charge in [-0.1, -0.05) is 6.58 Å². The predicted molar refractivity (Wildman–Crippen MR) is 133 cm³/mol. The van der Waals surface area contributed by atoms with E-state index in [0.717, 1.165) is 22.9 Å². The average Bonchev–Trinajstić information content (AvgIpc) is 2.69. The van der Waals surface area contributed by atoms with Gasteiger partial charge in [-0.05, 0) is 66.2 Å². The Labute approximate surface area is 211 Å². The van der Waals surface area contributed by atoms with Gasteiger partial charge in [0.25, 0.3) is 0 Å². The van der Waals surface area contributed by atoms with E-state index in [1.165, 1.54) is 6.92 Å². The first-order chi connectivity index (χ1) is 16.4. The molecular formula is C25H37F2N5O4. The van der Waals surface area contributed by atoms with Crippen LogP contribution in [0.5, 0.6) is 0 Å². The number of hydrogen-bond acceptors (Lipinski definition) is 6. The smallest absolute Gasteiger partial charge is 0.437 e. The second kappa shape index (κ2) is 10.7. The lowest BCUT2D eigenvalue weighted by Crippen LogP contribution is -2.57. The largest absolute Gasteiger partial charge is 0.443 e. The van der Waals surface area contributed by atoms with Crippen molar-refractivity contribution in [2.24, 2.45) is 4.99 Å². The Balaban J connectivity index is 2.63. The number of aliphatic imine (C=N–C) groups is 1. The summed E-state index contributed by atoms with van der Waals surface area (Å²) in [5.41, 5.74) is -1.71. The standard InChI is InChI=1S/C25H37F2N5O4/c1-16-19(26)11-18(12-20(16)27)13-32(23(34)36-25(6,7)8)21(28-22(33)35-24(3,4)5)31-14-29(9)17(2)30(10)15-31/h11-12H,2,13-15H2,1,3-10H3/b28-21+. The first-order valence-electron chi connectivity index (χ1n) is 11.5. The maximum Gasteiger partial charge on any atom is 0.437 e. The number of hydrogen-bond donors (Lipinski definition) is 0. The van der Waals surface area contributed by atoms with Gasteiger partial charge in [-0.25, -0.2) is 23.3 Å². The van der Waals surface area contributed by atoms with E-state index in [4.69, 9.17) is 9.47 Å². The topological polar surface area (TPSA) is 77.9 Å². The number of ether oxygens (including phenoxy) is 2. The summed E-state index contributed by atoms with van der Waals surface area (Å²) in [7, 11) is 3.58. The Morgan fingerprint density at radius 3 is 1.92 bits per heavy atom. The van der Waals surface area contributed by atoms with Crippen LogP contribution in [-0.4, -0.2) is 76.4 Å². The van der Waals surface area contributed by atoms with E-state index in [1.54, 1.807) is 70.3 Å². The molecule has 0 unspecified atom stereocenters. The Morgan fingerprint density at radius 1 is 1.00 bits per heavy atom. The maximum atomic E-state index is 14.3. The molecule has 0 bridgehead atoms. The second-order valence-corrected chi connectivity index (χ2v) is 10.8. The Hall–Kier alpha value is -3.37.